The molecule has 0 saturated carbocycles. The van der Waals surface area contributed by atoms with Crippen molar-refractivity contribution in [3.8, 4) is 0 Å². The van der Waals surface area contributed by atoms with Gasteiger partial charge in [0.25, 0.3) is 0 Å². The van der Waals surface area contributed by atoms with E-state index in [4.69, 9.17) is 9.73 Å². The topological polar surface area (TPSA) is 50.7 Å². The number of hydrogen-bond acceptors (Lipinski definition) is 4. The lowest BCUT2D eigenvalue weighted by molar-refractivity contribution is 0.0526. The van der Waals surface area contributed by atoms with Crippen LogP contribution in [0.25, 0.3) is 10.8 Å². The maximum absolute atomic E-state index is 12.9. The SMILES string of the molecule is CCOC(=O)c1c(/N=C(\Nc2cccc3ccccc23)c2ccccc2)sc2c1CCCC2. The molecule has 0 amide bonds. The number of fused-ring (bicyclic) bond motifs is 2. The molecular formula is C28H26N2O2S. The van der Waals surface area contributed by atoms with Crippen molar-refractivity contribution in [3.05, 3.63) is 94.4 Å². The zero-order valence-corrected chi connectivity index (χ0v) is 19.5. The summed E-state index contributed by atoms with van der Waals surface area (Å²) in [5.74, 6) is 0.448. The molecule has 166 valence electrons. The Labute approximate surface area is 198 Å². The first-order valence-electron chi connectivity index (χ1n) is 11.4. The van der Waals surface area contributed by atoms with Crippen LogP contribution in [0.2, 0.25) is 0 Å². The number of ether oxygens (including phenoxy) is 1. The summed E-state index contributed by atoms with van der Waals surface area (Å²) in [7, 11) is 0. The number of aliphatic imine (C=N–C) groups is 1. The average Bonchev–Trinajstić information content (AvgIpc) is 3.22. The van der Waals surface area contributed by atoms with Crippen molar-refractivity contribution in [3.63, 3.8) is 0 Å². The van der Waals surface area contributed by atoms with Gasteiger partial charge in [-0.2, -0.15) is 0 Å². The van der Waals surface area contributed by atoms with Gasteiger partial charge in [-0.3, -0.25) is 0 Å². The molecule has 3 aromatic carbocycles. The van der Waals surface area contributed by atoms with Gasteiger partial charge in [0.05, 0.1) is 12.2 Å². The highest BCUT2D eigenvalue weighted by atomic mass is 32.1. The molecular weight excluding hydrogens is 428 g/mol. The molecule has 0 aliphatic heterocycles. The Bertz CT molecular complexity index is 1320. The molecule has 1 heterocycles. The molecule has 0 saturated heterocycles. The molecule has 4 aromatic rings. The predicted octanol–water partition coefficient (Wildman–Crippen LogP) is 7.15. The number of amidine groups is 1. The number of thiophene rings is 1. The Balaban J connectivity index is 1.65. The third-order valence-corrected chi connectivity index (χ3v) is 7.12. The first-order chi connectivity index (χ1) is 16.2. The number of anilines is 1. The summed E-state index contributed by atoms with van der Waals surface area (Å²) >= 11 is 1.62. The Kier molecular flexibility index (Phi) is 6.22. The highest BCUT2D eigenvalue weighted by Crippen LogP contribution is 2.41. The van der Waals surface area contributed by atoms with E-state index in [1.165, 1.54) is 4.88 Å². The molecule has 33 heavy (non-hydrogen) atoms. The largest absolute Gasteiger partial charge is 0.462 e. The second kappa shape index (κ2) is 9.59. The lowest BCUT2D eigenvalue weighted by Crippen LogP contribution is -2.14. The summed E-state index contributed by atoms with van der Waals surface area (Å²) in [6.45, 7) is 2.20. The van der Waals surface area contributed by atoms with E-state index in [1.807, 2.05) is 55.5 Å². The maximum atomic E-state index is 12.9. The fourth-order valence-electron chi connectivity index (χ4n) is 4.37. The smallest absolute Gasteiger partial charge is 0.341 e. The van der Waals surface area contributed by atoms with Gasteiger partial charge in [0, 0.05) is 21.5 Å². The maximum Gasteiger partial charge on any atom is 0.341 e. The lowest BCUT2D eigenvalue weighted by atomic mass is 9.95. The van der Waals surface area contributed by atoms with Crippen molar-refractivity contribution in [2.24, 2.45) is 4.99 Å². The monoisotopic (exact) mass is 454 g/mol. The molecule has 4 nitrogen and oxygen atoms in total. The zero-order valence-electron chi connectivity index (χ0n) is 18.6. The number of carbonyl (C=O) groups excluding carboxylic acids is 1. The molecule has 1 aromatic heterocycles. The second-order valence-electron chi connectivity index (χ2n) is 8.09. The molecule has 1 aliphatic carbocycles. The summed E-state index contributed by atoms with van der Waals surface area (Å²) in [5.41, 5.74) is 3.71. The van der Waals surface area contributed by atoms with Gasteiger partial charge in [0.1, 0.15) is 10.8 Å². The molecule has 1 N–H and O–H groups in total. The third kappa shape index (κ3) is 4.41. The van der Waals surface area contributed by atoms with E-state index < -0.39 is 0 Å². The normalized spacial score (nSPS) is 13.5. The molecule has 1 aliphatic rings. The number of carbonyl (C=O) groups is 1. The van der Waals surface area contributed by atoms with Crippen molar-refractivity contribution in [2.45, 2.75) is 32.6 Å². The number of aryl methyl sites for hydroxylation is 1. The quantitative estimate of drug-likeness (QED) is 0.198. The summed E-state index contributed by atoms with van der Waals surface area (Å²) < 4.78 is 5.43. The van der Waals surface area contributed by atoms with E-state index in [0.29, 0.717) is 12.2 Å². The van der Waals surface area contributed by atoms with Crippen LogP contribution >= 0.6 is 11.3 Å². The van der Waals surface area contributed by atoms with Crippen LogP contribution in [0.1, 0.15) is 46.1 Å². The van der Waals surface area contributed by atoms with Crippen LogP contribution in [0.3, 0.4) is 0 Å². The molecule has 0 radical (unpaired) electrons. The predicted molar refractivity (Wildman–Crippen MR) is 137 cm³/mol. The third-order valence-electron chi connectivity index (χ3n) is 5.94. The van der Waals surface area contributed by atoms with Gasteiger partial charge >= 0.3 is 5.97 Å². The van der Waals surface area contributed by atoms with Crippen molar-refractivity contribution in [2.75, 3.05) is 11.9 Å². The molecule has 0 unspecified atom stereocenters. The molecule has 5 heteroatoms. The molecule has 5 rings (SSSR count). The number of benzene rings is 3. The molecule has 0 bridgehead atoms. The number of nitrogens with one attached hydrogen (secondary N) is 1. The van der Waals surface area contributed by atoms with Gasteiger partial charge in [0.15, 0.2) is 0 Å². The van der Waals surface area contributed by atoms with Gasteiger partial charge in [-0.25, -0.2) is 9.79 Å². The van der Waals surface area contributed by atoms with E-state index in [-0.39, 0.29) is 5.97 Å². The van der Waals surface area contributed by atoms with Gasteiger partial charge < -0.3 is 10.1 Å². The van der Waals surface area contributed by atoms with Crippen LogP contribution in [-0.4, -0.2) is 18.4 Å². The zero-order chi connectivity index (χ0) is 22.6. The Morgan fingerprint density at radius 3 is 2.58 bits per heavy atom. The van der Waals surface area contributed by atoms with E-state index in [0.717, 1.165) is 64.1 Å². The first-order valence-corrected chi connectivity index (χ1v) is 12.3. The highest BCUT2D eigenvalue weighted by molar-refractivity contribution is 7.16. The van der Waals surface area contributed by atoms with Gasteiger partial charge in [0.2, 0.25) is 0 Å². The second-order valence-corrected chi connectivity index (χ2v) is 9.17. The number of nitrogens with zero attached hydrogens (tertiary/aromatic N) is 1. The van der Waals surface area contributed by atoms with Crippen LogP contribution < -0.4 is 5.32 Å². The fraction of sp³-hybridized carbons (Fsp3) is 0.214. The van der Waals surface area contributed by atoms with Crippen LogP contribution in [0, 0.1) is 0 Å². The van der Waals surface area contributed by atoms with E-state index >= 15 is 0 Å². The van der Waals surface area contributed by atoms with Gasteiger partial charge in [-0.1, -0.05) is 66.7 Å². The Morgan fingerprint density at radius 2 is 1.73 bits per heavy atom. The summed E-state index contributed by atoms with van der Waals surface area (Å²) in [5, 5.41) is 6.58. The number of rotatable bonds is 5. The minimum Gasteiger partial charge on any atom is -0.462 e. The molecule has 0 fully saturated rings. The van der Waals surface area contributed by atoms with Crippen molar-refractivity contribution >= 4 is 44.6 Å². The minimum absolute atomic E-state index is 0.270. The Hall–Kier alpha value is -3.44. The minimum atomic E-state index is -0.270. The van der Waals surface area contributed by atoms with Gasteiger partial charge in [-0.15, -0.1) is 11.3 Å². The van der Waals surface area contributed by atoms with Crippen molar-refractivity contribution in [1.29, 1.82) is 0 Å². The standard InChI is InChI=1S/C28H26N2O2S/c1-2-32-28(31)25-22-16-8-9-18-24(22)33-27(25)30-26(20-12-4-3-5-13-20)29-23-17-10-14-19-11-6-7-15-21(19)23/h3-7,10-15,17H,2,8-9,16,18H2,1H3,(H,29,30). The number of esters is 1. The van der Waals surface area contributed by atoms with E-state index in [9.17, 15) is 4.79 Å². The number of hydrogen-bond donors (Lipinski definition) is 1. The fourth-order valence-corrected chi connectivity index (χ4v) is 5.62. The Morgan fingerprint density at radius 1 is 0.970 bits per heavy atom. The van der Waals surface area contributed by atoms with Gasteiger partial charge in [-0.05, 0) is 49.6 Å². The molecule has 0 atom stereocenters. The average molecular weight is 455 g/mol. The van der Waals surface area contributed by atoms with Crippen LogP contribution in [-0.2, 0) is 17.6 Å². The lowest BCUT2D eigenvalue weighted by Gasteiger charge is -2.13. The van der Waals surface area contributed by atoms with Crippen molar-refractivity contribution < 1.29 is 9.53 Å². The van der Waals surface area contributed by atoms with Crippen molar-refractivity contribution in [1.82, 2.24) is 0 Å². The first kappa shape index (κ1) is 21.4. The summed E-state index contributed by atoms with van der Waals surface area (Å²) in [6.07, 6.45) is 4.16. The highest BCUT2D eigenvalue weighted by Gasteiger charge is 2.26. The van der Waals surface area contributed by atoms with E-state index in [2.05, 4.69) is 29.6 Å². The summed E-state index contributed by atoms with van der Waals surface area (Å²) in [6, 6.07) is 24.6. The van der Waals surface area contributed by atoms with Crippen LogP contribution in [0.4, 0.5) is 10.7 Å². The van der Waals surface area contributed by atoms with Crippen LogP contribution in [0.15, 0.2) is 77.8 Å². The van der Waals surface area contributed by atoms with E-state index in [1.54, 1.807) is 11.3 Å². The van der Waals surface area contributed by atoms with Crippen LogP contribution in [0.5, 0.6) is 0 Å². The summed E-state index contributed by atoms with van der Waals surface area (Å²) in [4.78, 5) is 19.3. The molecule has 0 spiro atoms.